The lowest BCUT2D eigenvalue weighted by Crippen LogP contribution is -2.05. The lowest BCUT2D eigenvalue weighted by atomic mass is 9.96. The zero-order valence-corrected chi connectivity index (χ0v) is 35.1. The molecule has 0 fully saturated rings. The second-order valence-electron chi connectivity index (χ2n) is 17.5. The molecule has 2 aliphatic carbocycles. The van der Waals surface area contributed by atoms with Crippen molar-refractivity contribution in [2.75, 3.05) is 0 Å². The molecule has 0 aliphatic heterocycles. The fourth-order valence-electron chi connectivity index (χ4n) is 11.1. The quantitative estimate of drug-likeness (QED) is 0.170. The summed E-state index contributed by atoms with van der Waals surface area (Å²) in [6, 6.07) is 67.0. The molecule has 12 aromatic rings. The number of hydrogen-bond donors (Lipinski definition) is 0. The topological polar surface area (TPSA) is 27.9 Å². The van der Waals surface area contributed by atoms with Crippen molar-refractivity contribution in [3.8, 4) is 33.6 Å². The van der Waals surface area contributed by atoms with Crippen molar-refractivity contribution in [2.24, 2.45) is 0 Å². The van der Waals surface area contributed by atoms with E-state index in [-0.39, 0.29) is 0 Å². The van der Waals surface area contributed by atoms with Crippen LogP contribution >= 0.6 is 0 Å². The molecule has 0 bridgehead atoms. The first-order valence-electron chi connectivity index (χ1n) is 22.5. The van der Waals surface area contributed by atoms with Crippen molar-refractivity contribution in [1.29, 1.82) is 0 Å². The fraction of sp³-hybridized carbons (Fsp3) is 0.0667. The second kappa shape index (κ2) is 13.7. The molecule has 0 amide bonds. The van der Waals surface area contributed by atoms with Crippen molar-refractivity contribution in [3.05, 3.63) is 211 Å². The van der Waals surface area contributed by atoms with Crippen molar-refractivity contribution < 1.29 is 4.42 Å². The minimum Gasteiger partial charge on any atom is -0.460 e. The van der Waals surface area contributed by atoms with Crippen molar-refractivity contribution >= 4 is 83.3 Å². The number of hydrogen-bond acceptors (Lipinski definition) is 1. The molecule has 4 heterocycles. The van der Waals surface area contributed by atoms with Crippen LogP contribution in [0.1, 0.15) is 35.4 Å². The summed E-state index contributed by atoms with van der Waals surface area (Å²) in [6.07, 6.45) is 10.9. The normalized spacial score (nSPS) is 13.7. The molecular weight excluding hydrogens is 779 g/mol. The second-order valence-corrected chi connectivity index (χ2v) is 17.5. The predicted octanol–water partition coefficient (Wildman–Crippen LogP) is 15.8. The average Bonchev–Trinajstić information content (AvgIpc) is 4.10. The maximum atomic E-state index is 6.54. The summed E-state index contributed by atoms with van der Waals surface area (Å²) >= 11 is 0. The molecule has 14 rings (SSSR count). The molecule has 0 atom stereocenters. The lowest BCUT2D eigenvalue weighted by Gasteiger charge is -2.18. The third-order valence-electron chi connectivity index (χ3n) is 14.0. The maximum Gasteiger partial charge on any atom is 0.134 e. The first-order chi connectivity index (χ1) is 31.7. The van der Waals surface area contributed by atoms with E-state index in [4.69, 9.17) is 4.42 Å². The van der Waals surface area contributed by atoms with Crippen molar-refractivity contribution in [3.63, 3.8) is 0 Å². The Morgan fingerprint density at radius 2 is 0.891 bits per heavy atom. The number of fused-ring (bicyclic) bond motifs is 12. The summed E-state index contributed by atoms with van der Waals surface area (Å²) in [5.41, 5.74) is 19.3. The Bertz CT molecular complexity index is 3850. The Kier molecular flexibility index (Phi) is 7.61. The van der Waals surface area contributed by atoms with Crippen LogP contribution in [0.5, 0.6) is 0 Å². The zero-order chi connectivity index (χ0) is 41.9. The van der Waals surface area contributed by atoms with Gasteiger partial charge in [-0.15, -0.1) is 0 Å². The van der Waals surface area contributed by atoms with Gasteiger partial charge in [0.2, 0.25) is 0 Å². The lowest BCUT2D eigenvalue weighted by molar-refractivity contribution is 0.546. The number of benzene rings is 8. The maximum absolute atomic E-state index is 6.54. The largest absolute Gasteiger partial charge is 0.460 e. The Labute approximate surface area is 369 Å². The summed E-state index contributed by atoms with van der Waals surface area (Å²) in [5.74, 6) is 1.07. The third kappa shape index (κ3) is 5.23. The first-order valence-corrected chi connectivity index (χ1v) is 22.5. The number of aromatic nitrogens is 3. The van der Waals surface area contributed by atoms with Gasteiger partial charge in [0, 0.05) is 72.6 Å². The van der Waals surface area contributed by atoms with Crippen LogP contribution in [0.2, 0.25) is 0 Å². The molecule has 2 aliphatic rings. The van der Waals surface area contributed by atoms with Gasteiger partial charge >= 0.3 is 0 Å². The van der Waals surface area contributed by atoms with Gasteiger partial charge in [-0.25, -0.2) is 0 Å². The predicted molar refractivity (Wildman–Crippen MR) is 268 cm³/mol. The monoisotopic (exact) mass is 819 g/mol. The molecule has 0 unspecified atom stereocenters. The highest BCUT2D eigenvalue weighted by molar-refractivity contribution is 6.12. The van der Waals surface area contributed by atoms with E-state index in [2.05, 4.69) is 214 Å². The first kappa shape index (κ1) is 35.5. The standard InChI is InChI=1S/C60H41N3O/c1-7-19-53-45(13-1)46-14-2-8-20-54(46)61(53)42-30-32-60-52(37-42)51-35-40(29-31-59(51)64-60)38-25-27-39(28-26-38)41-33-43(62-55-21-9-3-15-47(55)48-16-4-10-22-56(48)62)36-44(34-41)63-57-23-11-5-17-49(57)50-18-6-12-24-58(50)63/h1-11,13-23,25-29,31,33-37H,12,24,30,32H2. The van der Waals surface area contributed by atoms with E-state index in [9.17, 15) is 0 Å². The number of aryl methyl sites for hydroxylation is 1. The van der Waals surface area contributed by atoms with E-state index in [0.29, 0.717) is 0 Å². The van der Waals surface area contributed by atoms with Crippen LogP contribution in [-0.2, 0) is 12.8 Å². The van der Waals surface area contributed by atoms with Gasteiger partial charge in [-0.3, -0.25) is 0 Å². The van der Waals surface area contributed by atoms with E-state index >= 15 is 0 Å². The number of allylic oxidation sites excluding steroid dienone is 2. The van der Waals surface area contributed by atoms with Gasteiger partial charge in [-0.2, -0.15) is 0 Å². The van der Waals surface area contributed by atoms with Gasteiger partial charge in [0.15, 0.2) is 0 Å². The van der Waals surface area contributed by atoms with E-state index < -0.39 is 0 Å². The summed E-state index contributed by atoms with van der Waals surface area (Å²) in [4.78, 5) is 0. The van der Waals surface area contributed by atoms with Gasteiger partial charge in [0.1, 0.15) is 11.3 Å². The van der Waals surface area contributed by atoms with E-state index in [0.717, 1.165) is 48.1 Å². The Balaban J connectivity index is 0.901. The van der Waals surface area contributed by atoms with Crippen molar-refractivity contribution in [2.45, 2.75) is 25.7 Å². The van der Waals surface area contributed by atoms with Gasteiger partial charge < -0.3 is 18.1 Å². The smallest absolute Gasteiger partial charge is 0.134 e. The minimum atomic E-state index is 0.870. The molecule has 302 valence electrons. The summed E-state index contributed by atoms with van der Waals surface area (Å²) < 4.78 is 14.0. The summed E-state index contributed by atoms with van der Waals surface area (Å²) in [6.45, 7) is 0. The number of rotatable bonds is 5. The molecule has 4 aromatic heterocycles. The number of para-hydroxylation sites is 5. The SMILES string of the molecule is C1=Cc2c(n(-c3cc(-c4ccc(-c5ccc6oc7c(c6c5)C=C(n5c6ccccc6c6ccccc65)CC7)cc4)cc(-n4c5ccccc5c5ccccc54)c3)c3ccccc23)CC1. The van der Waals surface area contributed by atoms with Crippen LogP contribution in [0.15, 0.2) is 192 Å². The highest BCUT2D eigenvalue weighted by atomic mass is 16.3. The van der Waals surface area contributed by atoms with Crippen molar-refractivity contribution in [1.82, 2.24) is 13.7 Å². The van der Waals surface area contributed by atoms with Crippen LogP contribution in [-0.4, -0.2) is 13.7 Å². The fourth-order valence-corrected chi connectivity index (χ4v) is 11.1. The van der Waals surface area contributed by atoms with Gasteiger partial charge in [0.25, 0.3) is 0 Å². The van der Waals surface area contributed by atoms with Crippen LogP contribution in [0.3, 0.4) is 0 Å². The third-order valence-corrected chi connectivity index (χ3v) is 14.0. The Hall–Kier alpha value is -8.08. The molecule has 64 heavy (non-hydrogen) atoms. The van der Waals surface area contributed by atoms with E-state index in [1.54, 1.807) is 0 Å². The number of nitrogens with zero attached hydrogens (tertiary/aromatic N) is 3. The Morgan fingerprint density at radius 3 is 1.52 bits per heavy atom. The highest BCUT2D eigenvalue weighted by Gasteiger charge is 2.24. The average molecular weight is 820 g/mol. The van der Waals surface area contributed by atoms with Crippen LogP contribution < -0.4 is 0 Å². The van der Waals surface area contributed by atoms with E-state index in [1.165, 1.54) is 105 Å². The molecule has 0 radical (unpaired) electrons. The van der Waals surface area contributed by atoms with Gasteiger partial charge in [-0.1, -0.05) is 133 Å². The van der Waals surface area contributed by atoms with Crippen LogP contribution in [0.4, 0.5) is 0 Å². The summed E-state index contributed by atoms with van der Waals surface area (Å²) in [5, 5.41) is 7.56. The van der Waals surface area contributed by atoms with Gasteiger partial charge in [0.05, 0.1) is 27.6 Å². The molecule has 0 saturated heterocycles. The molecule has 4 heteroatoms. The van der Waals surface area contributed by atoms with Crippen LogP contribution in [0, 0.1) is 0 Å². The molecule has 4 nitrogen and oxygen atoms in total. The Morgan fingerprint density at radius 1 is 0.375 bits per heavy atom. The van der Waals surface area contributed by atoms with Crippen LogP contribution in [0.25, 0.3) is 117 Å². The van der Waals surface area contributed by atoms with E-state index in [1.807, 2.05) is 0 Å². The zero-order valence-electron chi connectivity index (χ0n) is 35.1. The van der Waals surface area contributed by atoms with Gasteiger partial charge in [-0.05, 0) is 108 Å². The highest BCUT2D eigenvalue weighted by Crippen LogP contribution is 2.42. The molecule has 0 saturated carbocycles. The number of furan rings is 1. The minimum absolute atomic E-state index is 0.870. The summed E-state index contributed by atoms with van der Waals surface area (Å²) in [7, 11) is 0. The molecule has 0 spiro atoms. The molecular formula is C60H41N3O. The molecule has 8 aromatic carbocycles. The molecule has 0 N–H and O–H groups in total.